The summed E-state index contributed by atoms with van der Waals surface area (Å²) in [5, 5.41) is 17.8. The van der Waals surface area contributed by atoms with Crippen molar-refractivity contribution < 1.29 is 14.3 Å². The van der Waals surface area contributed by atoms with Crippen molar-refractivity contribution in [3.63, 3.8) is 0 Å². The molecule has 0 unspecified atom stereocenters. The molecule has 0 aliphatic rings. The highest BCUT2D eigenvalue weighted by Gasteiger charge is 2.12. The number of aromatic nitrogens is 1. The van der Waals surface area contributed by atoms with Gasteiger partial charge in [-0.3, -0.25) is 4.79 Å². The molecular weight excluding hydrogens is 304 g/mol. The van der Waals surface area contributed by atoms with Gasteiger partial charge in [-0.25, -0.2) is 4.98 Å². The molecule has 0 spiro atoms. The molecule has 0 fully saturated rings. The van der Waals surface area contributed by atoms with E-state index in [1.54, 1.807) is 12.1 Å². The van der Waals surface area contributed by atoms with Crippen LogP contribution < -0.4 is 0 Å². The van der Waals surface area contributed by atoms with Crippen molar-refractivity contribution in [1.82, 2.24) is 4.98 Å². The fraction of sp³-hybridized carbons (Fsp3) is 0.105. The van der Waals surface area contributed by atoms with Crippen LogP contribution in [0.3, 0.4) is 0 Å². The normalized spacial score (nSPS) is 11.4. The molecule has 3 aromatic rings. The molecule has 0 aliphatic heterocycles. The van der Waals surface area contributed by atoms with Crippen LogP contribution in [0.1, 0.15) is 29.9 Å². The number of benzene rings is 2. The molecule has 0 aliphatic carbocycles. The molecule has 0 atom stereocenters. The van der Waals surface area contributed by atoms with Gasteiger partial charge in [0.05, 0.1) is 11.6 Å². The Morgan fingerprint density at radius 2 is 1.92 bits per heavy atom. The van der Waals surface area contributed by atoms with E-state index < -0.39 is 5.97 Å². The number of fused-ring (bicyclic) bond motifs is 1. The zero-order valence-electron chi connectivity index (χ0n) is 12.8. The van der Waals surface area contributed by atoms with Gasteiger partial charge >= 0.3 is 5.97 Å². The van der Waals surface area contributed by atoms with Crippen LogP contribution in [0.2, 0.25) is 0 Å². The van der Waals surface area contributed by atoms with Gasteiger partial charge in [-0.15, -0.1) is 0 Å². The maximum atomic E-state index is 10.9. The van der Waals surface area contributed by atoms with E-state index >= 15 is 0 Å². The number of hydrogen-bond acceptors (Lipinski definition) is 4. The van der Waals surface area contributed by atoms with E-state index in [9.17, 15) is 4.79 Å². The molecule has 5 nitrogen and oxygen atoms in total. The average Bonchev–Trinajstić information content (AvgIpc) is 3.03. The summed E-state index contributed by atoms with van der Waals surface area (Å²) in [6.07, 6.45) is 2.14. The van der Waals surface area contributed by atoms with Crippen molar-refractivity contribution in [1.29, 1.82) is 5.26 Å². The van der Waals surface area contributed by atoms with Crippen molar-refractivity contribution in [2.75, 3.05) is 0 Å². The first kappa shape index (κ1) is 15.5. The van der Waals surface area contributed by atoms with Gasteiger partial charge in [-0.2, -0.15) is 5.26 Å². The molecule has 118 valence electrons. The number of carboxylic acids is 1. The third-order valence-corrected chi connectivity index (χ3v) is 3.56. The number of carboxylic acid groups (broad SMARTS) is 1. The molecule has 5 heteroatoms. The van der Waals surface area contributed by atoms with E-state index in [4.69, 9.17) is 14.8 Å². The van der Waals surface area contributed by atoms with Crippen LogP contribution in [0.4, 0.5) is 0 Å². The third kappa shape index (κ3) is 3.50. The monoisotopic (exact) mass is 318 g/mol. The van der Waals surface area contributed by atoms with Gasteiger partial charge in [0.1, 0.15) is 5.52 Å². The van der Waals surface area contributed by atoms with E-state index in [1.165, 1.54) is 0 Å². The molecule has 2 aromatic carbocycles. The Balaban J connectivity index is 1.99. The van der Waals surface area contributed by atoms with Crippen LogP contribution in [0.5, 0.6) is 0 Å². The molecule has 1 heterocycles. The first-order chi connectivity index (χ1) is 11.7. The number of nitriles is 1. The van der Waals surface area contributed by atoms with Gasteiger partial charge in [0.2, 0.25) is 5.89 Å². The quantitative estimate of drug-likeness (QED) is 0.765. The first-order valence-corrected chi connectivity index (χ1v) is 7.44. The summed E-state index contributed by atoms with van der Waals surface area (Å²) >= 11 is 0. The number of para-hydroxylation sites is 2. The fourth-order valence-electron chi connectivity index (χ4n) is 2.35. The summed E-state index contributed by atoms with van der Waals surface area (Å²) < 4.78 is 5.75. The summed E-state index contributed by atoms with van der Waals surface area (Å²) in [6.45, 7) is 0. The van der Waals surface area contributed by atoms with Crippen molar-refractivity contribution in [3.05, 3.63) is 65.5 Å². The van der Waals surface area contributed by atoms with Gasteiger partial charge < -0.3 is 9.52 Å². The highest BCUT2D eigenvalue weighted by atomic mass is 16.4. The van der Waals surface area contributed by atoms with Gasteiger partial charge in [0, 0.05) is 12.0 Å². The van der Waals surface area contributed by atoms with Crippen molar-refractivity contribution in [2.45, 2.75) is 12.8 Å². The van der Waals surface area contributed by atoms with Crippen LogP contribution in [0.15, 0.2) is 52.9 Å². The third-order valence-electron chi connectivity index (χ3n) is 3.56. The number of aliphatic carboxylic acids is 1. The van der Waals surface area contributed by atoms with Crippen molar-refractivity contribution in [3.8, 4) is 6.07 Å². The Bertz CT molecular complexity index is 914. The molecule has 3 rings (SSSR count). The van der Waals surface area contributed by atoms with E-state index in [0.717, 1.165) is 11.1 Å². The summed E-state index contributed by atoms with van der Waals surface area (Å²) in [5.74, 6) is -0.460. The van der Waals surface area contributed by atoms with Gasteiger partial charge in [-0.1, -0.05) is 24.3 Å². The highest BCUT2D eigenvalue weighted by Crippen LogP contribution is 2.26. The standard InChI is InChI=1S/C19H14N2O3/c20-12-14-7-5-13(6-8-14)11-15(9-10-18(22)23)19-21-16-3-1-2-4-17(16)24-19/h1-8,11H,9-10H2,(H,22,23)/b15-11-. The Morgan fingerprint density at radius 3 is 2.58 bits per heavy atom. The smallest absolute Gasteiger partial charge is 0.303 e. The van der Waals surface area contributed by atoms with Crippen molar-refractivity contribution >= 4 is 28.7 Å². The number of oxazole rings is 1. The average molecular weight is 318 g/mol. The number of hydrogen-bond donors (Lipinski definition) is 1. The molecule has 0 amide bonds. The second kappa shape index (κ2) is 6.80. The minimum Gasteiger partial charge on any atom is -0.481 e. The Hall–Kier alpha value is -3.39. The Kier molecular flexibility index (Phi) is 4.39. The topological polar surface area (TPSA) is 87.1 Å². The predicted octanol–water partition coefficient (Wildman–Crippen LogP) is 4.10. The van der Waals surface area contributed by atoms with E-state index in [2.05, 4.69) is 11.1 Å². The molecule has 0 saturated carbocycles. The van der Waals surface area contributed by atoms with Crippen molar-refractivity contribution in [2.24, 2.45) is 0 Å². The summed E-state index contributed by atoms with van der Waals surface area (Å²) in [4.78, 5) is 15.4. The largest absolute Gasteiger partial charge is 0.481 e. The molecular formula is C19H14N2O3. The number of nitrogens with zero attached hydrogens (tertiary/aromatic N) is 2. The lowest BCUT2D eigenvalue weighted by molar-refractivity contribution is -0.136. The number of allylic oxidation sites excluding steroid dienone is 1. The van der Waals surface area contributed by atoms with Gasteiger partial charge in [0.25, 0.3) is 0 Å². The first-order valence-electron chi connectivity index (χ1n) is 7.44. The lowest BCUT2D eigenvalue weighted by Gasteiger charge is -2.02. The minimum atomic E-state index is -0.878. The molecule has 0 radical (unpaired) electrons. The lowest BCUT2D eigenvalue weighted by atomic mass is 10.1. The molecule has 24 heavy (non-hydrogen) atoms. The Morgan fingerprint density at radius 1 is 1.17 bits per heavy atom. The Labute approximate surface area is 138 Å². The zero-order valence-corrected chi connectivity index (χ0v) is 12.8. The highest BCUT2D eigenvalue weighted by molar-refractivity contribution is 5.83. The summed E-state index contributed by atoms with van der Waals surface area (Å²) in [7, 11) is 0. The maximum Gasteiger partial charge on any atom is 0.303 e. The van der Waals surface area contributed by atoms with E-state index in [1.807, 2.05) is 42.5 Å². The van der Waals surface area contributed by atoms with Crippen LogP contribution >= 0.6 is 0 Å². The fourth-order valence-corrected chi connectivity index (χ4v) is 2.35. The van der Waals surface area contributed by atoms with Gasteiger partial charge in [-0.05, 0) is 42.3 Å². The second-order valence-electron chi connectivity index (χ2n) is 5.28. The maximum absolute atomic E-state index is 10.9. The summed E-state index contributed by atoms with van der Waals surface area (Å²) in [5.41, 5.74) is 3.53. The van der Waals surface area contributed by atoms with E-state index in [0.29, 0.717) is 29.0 Å². The SMILES string of the molecule is N#Cc1ccc(/C=C(/CCC(=O)O)c2nc3ccccc3o2)cc1. The number of rotatable bonds is 5. The van der Waals surface area contributed by atoms with Crippen LogP contribution in [-0.4, -0.2) is 16.1 Å². The number of carbonyl (C=O) groups is 1. The molecule has 1 N–H and O–H groups in total. The van der Waals surface area contributed by atoms with E-state index in [-0.39, 0.29) is 6.42 Å². The van der Waals surface area contributed by atoms with Gasteiger partial charge in [0.15, 0.2) is 5.58 Å². The predicted molar refractivity (Wildman–Crippen MR) is 89.9 cm³/mol. The zero-order chi connectivity index (χ0) is 16.9. The van der Waals surface area contributed by atoms with Crippen LogP contribution in [0.25, 0.3) is 22.7 Å². The second-order valence-corrected chi connectivity index (χ2v) is 5.28. The van der Waals surface area contributed by atoms with Crippen LogP contribution in [-0.2, 0) is 4.79 Å². The minimum absolute atomic E-state index is 0.0131. The molecule has 0 bridgehead atoms. The molecule has 1 aromatic heterocycles. The van der Waals surface area contributed by atoms with Crippen LogP contribution in [0, 0.1) is 11.3 Å². The summed E-state index contributed by atoms with van der Waals surface area (Å²) in [6, 6.07) is 16.5. The molecule has 0 saturated heterocycles. The lowest BCUT2D eigenvalue weighted by Crippen LogP contribution is -1.96.